The molecule has 0 aliphatic rings. The predicted octanol–water partition coefficient (Wildman–Crippen LogP) is 0.720. The highest BCUT2D eigenvalue weighted by molar-refractivity contribution is 5.88. The van der Waals surface area contributed by atoms with Crippen molar-refractivity contribution in [2.24, 2.45) is 0 Å². The minimum absolute atomic E-state index is 0.168. The van der Waals surface area contributed by atoms with Gasteiger partial charge in [-0.3, -0.25) is 10.1 Å². The van der Waals surface area contributed by atoms with E-state index in [0.717, 1.165) is 12.8 Å². The van der Waals surface area contributed by atoms with E-state index in [4.69, 9.17) is 9.26 Å². The number of hydrogen-bond donors (Lipinski definition) is 2. The zero-order valence-corrected chi connectivity index (χ0v) is 11.3. The number of nitrogens with zero attached hydrogens (tertiary/aromatic N) is 4. The van der Waals surface area contributed by atoms with Crippen LogP contribution in [0.1, 0.15) is 31.5 Å². The molecule has 0 aromatic carbocycles. The van der Waals surface area contributed by atoms with E-state index in [0.29, 0.717) is 18.1 Å². The summed E-state index contributed by atoms with van der Waals surface area (Å²) in [6.45, 7) is 2.04. The number of anilines is 1. The molecule has 9 nitrogen and oxygen atoms in total. The molecule has 0 saturated heterocycles. The molecule has 2 aromatic rings. The van der Waals surface area contributed by atoms with E-state index in [-0.39, 0.29) is 24.3 Å². The molecule has 20 heavy (non-hydrogen) atoms. The maximum absolute atomic E-state index is 11.7. The summed E-state index contributed by atoms with van der Waals surface area (Å²) in [4.78, 5) is 19.7. The van der Waals surface area contributed by atoms with Gasteiger partial charge in [-0.15, -0.1) is 5.10 Å². The first-order chi connectivity index (χ1) is 9.71. The van der Waals surface area contributed by atoms with Crippen LogP contribution in [-0.4, -0.2) is 38.3 Å². The van der Waals surface area contributed by atoms with Crippen LogP contribution in [0.3, 0.4) is 0 Å². The molecule has 0 fully saturated rings. The molecule has 0 unspecified atom stereocenters. The van der Waals surface area contributed by atoms with Gasteiger partial charge >= 0.3 is 6.01 Å². The average molecular weight is 280 g/mol. The van der Waals surface area contributed by atoms with Crippen LogP contribution in [0.5, 0.6) is 6.01 Å². The van der Waals surface area contributed by atoms with Gasteiger partial charge in [0.05, 0.1) is 7.11 Å². The first kappa shape index (κ1) is 14.0. The van der Waals surface area contributed by atoms with Gasteiger partial charge in [0.1, 0.15) is 0 Å². The molecule has 0 aliphatic heterocycles. The monoisotopic (exact) mass is 280 g/mol. The molecular weight excluding hydrogens is 264 g/mol. The number of nitrogens with one attached hydrogen (secondary N) is 2. The molecule has 1 amide bonds. The van der Waals surface area contributed by atoms with Gasteiger partial charge in [-0.25, -0.2) is 5.10 Å². The van der Waals surface area contributed by atoms with Crippen molar-refractivity contribution in [2.75, 3.05) is 12.4 Å². The Hall–Kier alpha value is -2.45. The molecule has 2 N–H and O–H groups in total. The van der Waals surface area contributed by atoms with Gasteiger partial charge < -0.3 is 9.26 Å². The van der Waals surface area contributed by atoms with E-state index in [1.807, 2.05) is 6.92 Å². The number of aromatic nitrogens is 5. The van der Waals surface area contributed by atoms with Gasteiger partial charge in [0, 0.05) is 19.3 Å². The number of ether oxygens (including phenoxy) is 1. The molecule has 2 rings (SSSR count). The average Bonchev–Trinajstić information content (AvgIpc) is 3.06. The third-order valence-electron chi connectivity index (χ3n) is 2.45. The van der Waals surface area contributed by atoms with E-state index in [2.05, 4.69) is 30.6 Å². The summed E-state index contributed by atoms with van der Waals surface area (Å²) in [5.41, 5.74) is 0. The summed E-state index contributed by atoms with van der Waals surface area (Å²) in [5.74, 6) is 1.14. The predicted molar refractivity (Wildman–Crippen MR) is 68.2 cm³/mol. The van der Waals surface area contributed by atoms with Crippen molar-refractivity contribution in [1.82, 2.24) is 25.3 Å². The molecular formula is C11H16N6O3. The molecule has 0 spiro atoms. The van der Waals surface area contributed by atoms with Crippen LogP contribution < -0.4 is 10.1 Å². The number of amides is 1. The zero-order valence-electron chi connectivity index (χ0n) is 11.3. The lowest BCUT2D eigenvalue weighted by atomic mass is 10.3. The Morgan fingerprint density at radius 3 is 2.95 bits per heavy atom. The highest BCUT2D eigenvalue weighted by Crippen LogP contribution is 2.07. The number of methoxy groups -OCH3 is 1. The van der Waals surface area contributed by atoms with Crippen LogP contribution in [0.2, 0.25) is 0 Å². The third kappa shape index (κ3) is 3.77. The van der Waals surface area contributed by atoms with Crippen molar-refractivity contribution in [2.45, 2.75) is 32.6 Å². The molecule has 0 saturated carbocycles. The second-order valence-corrected chi connectivity index (χ2v) is 4.07. The Kier molecular flexibility index (Phi) is 4.64. The smallest absolute Gasteiger partial charge is 0.336 e. The number of H-pyrrole nitrogens is 1. The molecule has 2 aromatic heterocycles. The summed E-state index contributed by atoms with van der Waals surface area (Å²) in [6.07, 6.45) is 2.32. The van der Waals surface area contributed by atoms with Gasteiger partial charge in [0.25, 0.3) is 0 Å². The molecule has 2 heterocycles. The molecule has 0 atom stereocenters. The van der Waals surface area contributed by atoms with Crippen molar-refractivity contribution < 1.29 is 14.1 Å². The molecule has 0 aliphatic carbocycles. The van der Waals surface area contributed by atoms with Crippen LogP contribution in [0.25, 0.3) is 0 Å². The highest BCUT2D eigenvalue weighted by atomic mass is 16.5. The Morgan fingerprint density at radius 1 is 1.40 bits per heavy atom. The Morgan fingerprint density at radius 2 is 2.25 bits per heavy atom. The Balaban J connectivity index is 1.79. The first-order valence-corrected chi connectivity index (χ1v) is 6.29. The van der Waals surface area contributed by atoms with E-state index in [1.165, 1.54) is 7.11 Å². The van der Waals surface area contributed by atoms with Gasteiger partial charge in [0.15, 0.2) is 5.82 Å². The topological polar surface area (TPSA) is 119 Å². The number of aromatic amines is 1. The number of carbonyl (C=O) groups is 1. The van der Waals surface area contributed by atoms with Crippen molar-refractivity contribution in [3.63, 3.8) is 0 Å². The summed E-state index contributed by atoms with van der Waals surface area (Å²) < 4.78 is 9.84. The van der Waals surface area contributed by atoms with Crippen LogP contribution >= 0.6 is 0 Å². The first-order valence-electron chi connectivity index (χ1n) is 6.29. The maximum atomic E-state index is 11.7. The summed E-state index contributed by atoms with van der Waals surface area (Å²) >= 11 is 0. The van der Waals surface area contributed by atoms with Crippen LogP contribution in [0.4, 0.5) is 5.95 Å². The summed E-state index contributed by atoms with van der Waals surface area (Å²) in [7, 11) is 1.44. The largest absolute Gasteiger partial charge is 0.466 e. The normalized spacial score (nSPS) is 10.5. The fourth-order valence-corrected chi connectivity index (χ4v) is 1.53. The van der Waals surface area contributed by atoms with Crippen molar-refractivity contribution in [3.05, 3.63) is 11.7 Å². The zero-order chi connectivity index (χ0) is 14.4. The van der Waals surface area contributed by atoms with Gasteiger partial charge in [-0.1, -0.05) is 12.1 Å². The Labute approximate surface area is 115 Å². The lowest BCUT2D eigenvalue weighted by Gasteiger charge is -1.98. The van der Waals surface area contributed by atoms with E-state index in [9.17, 15) is 4.79 Å². The van der Waals surface area contributed by atoms with Gasteiger partial charge in [-0.05, 0) is 6.42 Å². The molecule has 9 heteroatoms. The minimum atomic E-state index is -0.223. The lowest BCUT2D eigenvalue weighted by molar-refractivity contribution is -0.116. The van der Waals surface area contributed by atoms with Crippen molar-refractivity contribution >= 4 is 11.9 Å². The lowest BCUT2D eigenvalue weighted by Crippen LogP contribution is -2.13. The SMILES string of the molecule is CCCc1noc(CCC(=O)Nc2nc(OC)n[nH]2)n1. The molecule has 0 radical (unpaired) electrons. The number of hydrogen-bond acceptors (Lipinski definition) is 7. The minimum Gasteiger partial charge on any atom is -0.466 e. The Bertz CT molecular complexity index is 564. The molecule has 0 bridgehead atoms. The standard InChI is InChI=1S/C11H16N6O3/c1-3-4-7-12-9(20-17-7)6-5-8(18)13-10-14-11(19-2)16-15-10/h3-6H2,1-2H3,(H2,13,14,15,16,18). The molecule has 108 valence electrons. The quantitative estimate of drug-likeness (QED) is 0.766. The fraction of sp³-hybridized carbons (Fsp3) is 0.545. The third-order valence-corrected chi connectivity index (χ3v) is 2.45. The van der Waals surface area contributed by atoms with Crippen molar-refractivity contribution in [3.8, 4) is 6.01 Å². The van der Waals surface area contributed by atoms with Crippen LogP contribution in [0, 0.1) is 0 Å². The fourth-order valence-electron chi connectivity index (χ4n) is 1.53. The summed E-state index contributed by atoms with van der Waals surface area (Å²) in [6, 6.07) is 0.168. The number of rotatable bonds is 7. The number of aryl methyl sites for hydroxylation is 2. The summed E-state index contributed by atoms with van der Waals surface area (Å²) in [5, 5.41) is 12.6. The maximum Gasteiger partial charge on any atom is 0.336 e. The number of carbonyl (C=O) groups excluding carboxylic acids is 1. The van der Waals surface area contributed by atoms with E-state index in [1.54, 1.807) is 0 Å². The van der Waals surface area contributed by atoms with Gasteiger partial charge in [-0.2, -0.15) is 9.97 Å². The van der Waals surface area contributed by atoms with E-state index < -0.39 is 0 Å². The van der Waals surface area contributed by atoms with E-state index >= 15 is 0 Å². The van der Waals surface area contributed by atoms with Crippen LogP contribution in [0.15, 0.2) is 4.52 Å². The van der Waals surface area contributed by atoms with Crippen LogP contribution in [-0.2, 0) is 17.6 Å². The highest BCUT2D eigenvalue weighted by Gasteiger charge is 2.11. The second kappa shape index (κ2) is 6.64. The van der Waals surface area contributed by atoms with Crippen molar-refractivity contribution in [1.29, 1.82) is 0 Å². The van der Waals surface area contributed by atoms with Gasteiger partial charge in [0.2, 0.25) is 17.7 Å². The second-order valence-electron chi connectivity index (χ2n) is 4.07.